The van der Waals surface area contributed by atoms with Crippen molar-refractivity contribution in [2.75, 3.05) is 0 Å². The predicted molar refractivity (Wildman–Crippen MR) is 66.4 cm³/mol. The van der Waals surface area contributed by atoms with Crippen molar-refractivity contribution in [3.8, 4) is 0 Å². The van der Waals surface area contributed by atoms with Crippen LogP contribution in [0, 0.1) is 17.5 Å². The third-order valence-electron chi connectivity index (χ3n) is 3.32. The zero-order chi connectivity index (χ0) is 13.8. The average molecular weight is 268 g/mol. The molecule has 0 spiro atoms. The Balaban J connectivity index is 2.33. The van der Waals surface area contributed by atoms with Crippen LogP contribution in [0.15, 0.2) is 23.8 Å². The largest absolute Gasteiger partial charge is 0.289 e. The van der Waals surface area contributed by atoms with Crippen LogP contribution in [0.25, 0.3) is 0 Å². The summed E-state index contributed by atoms with van der Waals surface area (Å²) in [6, 6.07) is 1.08. The quantitative estimate of drug-likeness (QED) is 0.718. The second kappa shape index (κ2) is 6.04. The molecule has 1 aromatic carbocycles. The molecule has 2 rings (SSSR count). The van der Waals surface area contributed by atoms with E-state index in [4.69, 9.17) is 0 Å². The molecule has 1 aliphatic carbocycles. The number of carbonyl (C=O) groups is 1. The van der Waals surface area contributed by atoms with E-state index in [0.717, 1.165) is 32.1 Å². The number of hydrogen-bond acceptors (Lipinski definition) is 1. The molecule has 0 bridgehead atoms. The number of carbonyl (C=O) groups excluding carboxylic acids is 1. The maximum absolute atomic E-state index is 13.6. The first-order valence-electron chi connectivity index (χ1n) is 6.48. The Bertz CT molecular complexity index is 497. The molecule has 0 amide bonds. The zero-order valence-corrected chi connectivity index (χ0v) is 10.5. The normalized spacial score (nSPS) is 19.2. The molecule has 4 heteroatoms. The van der Waals surface area contributed by atoms with Gasteiger partial charge in [0.05, 0.1) is 5.56 Å². The third kappa shape index (κ3) is 3.25. The highest BCUT2D eigenvalue weighted by Crippen LogP contribution is 2.24. The number of ketones is 1. The van der Waals surface area contributed by atoms with Gasteiger partial charge in [0, 0.05) is 12.1 Å². The van der Waals surface area contributed by atoms with Crippen LogP contribution >= 0.6 is 0 Å². The number of allylic oxidation sites excluding steroid dienone is 2. The third-order valence-corrected chi connectivity index (χ3v) is 3.32. The molecule has 0 aromatic heterocycles. The van der Waals surface area contributed by atoms with Crippen LogP contribution in [-0.2, 0) is 0 Å². The van der Waals surface area contributed by atoms with Crippen molar-refractivity contribution in [1.29, 1.82) is 0 Å². The predicted octanol–water partition coefficient (Wildman–Crippen LogP) is 4.57. The molecule has 19 heavy (non-hydrogen) atoms. The van der Waals surface area contributed by atoms with Crippen molar-refractivity contribution in [2.45, 2.75) is 38.5 Å². The fraction of sp³-hybridized carbons (Fsp3) is 0.400. The van der Waals surface area contributed by atoms with Gasteiger partial charge in [0.2, 0.25) is 0 Å². The summed E-state index contributed by atoms with van der Waals surface area (Å²) in [4.78, 5) is 12.1. The maximum Gasteiger partial charge on any atom is 0.194 e. The van der Waals surface area contributed by atoms with Crippen molar-refractivity contribution in [3.63, 3.8) is 0 Å². The molecule has 0 heterocycles. The van der Waals surface area contributed by atoms with Crippen molar-refractivity contribution in [2.24, 2.45) is 0 Å². The summed E-state index contributed by atoms with van der Waals surface area (Å²) in [7, 11) is 0. The highest BCUT2D eigenvalue weighted by Gasteiger charge is 2.22. The topological polar surface area (TPSA) is 17.1 Å². The van der Waals surface area contributed by atoms with E-state index < -0.39 is 28.8 Å². The van der Waals surface area contributed by atoms with E-state index in [0.29, 0.717) is 24.1 Å². The van der Waals surface area contributed by atoms with Crippen molar-refractivity contribution >= 4 is 5.78 Å². The number of Topliss-reactive ketones (excluding diaryl/α,β-unsaturated/α-hetero) is 1. The van der Waals surface area contributed by atoms with Gasteiger partial charge < -0.3 is 0 Å². The van der Waals surface area contributed by atoms with Crippen LogP contribution in [0.1, 0.15) is 48.9 Å². The summed E-state index contributed by atoms with van der Waals surface area (Å²) in [6.07, 6.45) is 6.95. The van der Waals surface area contributed by atoms with Crippen molar-refractivity contribution < 1.29 is 18.0 Å². The Morgan fingerprint density at radius 3 is 2.26 bits per heavy atom. The minimum atomic E-state index is -1.13. The molecule has 102 valence electrons. The van der Waals surface area contributed by atoms with Crippen LogP contribution in [0.2, 0.25) is 0 Å². The first-order chi connectivity index (χ1) is 9.09. The van der Waals surface area contributed by atoms with Gasteiger partial charge >= 0.3 is 0 Å². The lowest BCUT2D eigenvalue weighted by Crippen LogP contribution is -2.10. The molecule has 0 unspecified atom stereocenters. The first-order valence-corrected chi connectivity index (χ1v) is 6.48. The molecule has 0 saturated carbocycles. The minimum Gasteiger partial charge on any atom is -0.289 e. The molecular weight excluding hydrogens is 253 g/mol. The summed E-state index contributed by atoms with van der Waals surface area (Å²) < 4.78 is 40.0. The Morgan fingerprint density at radius 2 is 1.58 bits per heavy atom. The van der Waals surface area contributed by atoms with Crippen LogP contribution in [0.4, 0.5) is 13.2 Å². The Hall–Kier alpha value is -1.58. The Kier molecular flexibility index (Phi) is 4.40. The fourth-order valence-electron chi connectivity index (χ4n) is 2.32. The Morgan fingerprint density at radius 1 is 0.947 bits per heavy atom. The molecule has 1 aliphatic rings. The summed E-state index contributed by atoms with van der Waals surface area (Å²) in [5.41, 5.74) is -0.211. The van der Waals surface area contributed by atoms with Crippen LogP contribution in [0.5, 0.6) is 0 Å². The van der Waals surface area contributed by atoms with Crippen LogP contribution < -0.4 is 0 Å². The van der Waals surface area contributed by atoms with E-state index in [1.807, 2.05) is 0 Å². The van der Waals surface area contributed by atoms with Gasteiger partial charge in [-0.2, -0.15) is 0 Å². The van der Waals surface area contributed by atoms with Crippen molar-refractivity contribution in [1.82, 2.24) is 0 Å². The van der Waals surface area contributed by atoms with Gasteiger partial charge in [0.25, 0.3) is 0 Å². The number of rotatable bonds is 2. The fourth-order valence-corrected chi connectivity index (χ4v) is 2.32. The second-order valence-electron chi connectivity index (χ2n) is 4.76. The SMILES string of the molecule is O=C(/C1=C/CCCCCC1)c1c(F)cc(F)cc1F. The van der Waals surface area contributed by atoms with E-state index in [9.17, 15) is 18.0 Å². The van der Waals surface area contributed by atoms with E-state index in [1.54, 1.807) is 6.08 Å². The number of benzene rings is 1. The minimum absolute atomic E-state index is 0.434. The molecule has 0 N–H and O–H groups in total. The monoisotopic (exact) mass is 268 g/mol. The van der Waals surface area contributed by atoms with Gasteiger partial charge in [0.15, 0.2) is 5.78 Å². The highest BCUT2D eigenvalue weighted by atomic mass is 19.1. The molecule has 0 fully saturated rings. The smallest absolute Gasteiger partial charge is 0.194 e. The van der Waals surface area contributed by atoms with Gasteiger partial charge in [-0.3, -0.25) is 4.79 Å². The molecule has 0 saturated heterocycles. The van der Waals surface area contributed by atoms with E-state index in [-0.39, 0.29) is 0 Å². The summed E-state index contributed by atoms with van der Waals surface area (Å²) in [5, 5.41) is 0. The molecular formula is C15H15F3O. The lowest BCUT2D eigenvalue weighted by Gasteiger charge is -2.11. The average Bonchev–Trinajstić information content (AvgIpc) is 2.26. The summed E-state index contributed by atoms with van der Waals surface area (Å²) >= 11 is 0. The van der Waals surface area contributed by atoms with Gasteiger partial charge in [-0.15, -0.1) is 0 Å². The van der Waals surface area contributed by atoms with Crippen LogP contribution in [0.3, 0.4) is 0 Å². The zero-order valence-electron chi connectivity index (χ0n) is 10.5. The molecule has 0 radical (unpaired) electrons. The molecule has 0 aliphatic heterocycles. The van der Waals surface area contributed by atoms with Gasteiger partial charge in [-0.05, 0) is 31.3 Å². The molecule has 0 atom stereocenters. The van der Waals surface area contributed by atoms with Gasteiger partial charge in [0.1, 0.15) is 17.5 Å². The second-order valence-corrected chi connectivity index (χ2v) is 4.76. The first kappa shape index (κ1) is 13.8. The summed E-state index contributed by atoms with van der Waals surface area (Å²) in [6.45, 7) is 0. The van der Waals surface area contributed by atoms with Crippen molar-refractivity contribution in [3.05, 3.63) is 46.8 Å². The van der Waals surface area contributed by atoms with Gasteiger partial charge in [-0.25, -0.2) is 13.2 Å². The van der Waals surface area contributed by atoms with E-state index in [1.165, 1.54) is 0 Å². The highest BCUT2D eigenvalue weighted by molar-refractivity contribution is 6.09. The standard InChI is InChI=1S/C15H15F3O/c16-11-8-12(17)14(13(18)9-11)15(19)10-6-4-2-1-3-5-7-10/h6,8-9H,1-5,7H2/b10-6+. The van der Waals surface area contributed by atoms with Crippen LogP contribution in [-0.4, -0.2) is 5.78 Å². The van der Waals surface area contributed by atoms with E-state index >= 15 is 0 Å². The lowest BCUT2D eigenvalue weighted by atomic mass is 9.93. The number of hydrogen-bond donors (Lipinski definition) is 0. The molecule has 1 aromatic rings. The number of halogens is 3. The summed E-state index contributed by atoms with van der Waals surface area (Å²) in [5.74, 6) is -3.94. The Labute approximate surface area is 110 Å². The maximum atomic E-state index is 13.6. The lowest BCUT2D eigenvalue weighted by molar-refractivity contribution is 0.102. The van der Waals surface area contributed by atoms with Gasteiger partial charge in [-0.1, -0.05) is 18.9 Å². The molecule has 1 nitrogen and oxygen atoms in total. The van der Waals surface area contributed by atoms with E-state index in [2.05, 4.69) is 0 Å².